The first-order chi connectivity index (χ1) is 7.45. The van der Waals surface area contributed by atoms with E-state index in [0.717, 1.165) is 6.07 Å². The van der Waals surface area contributed by atoms with Gasteiger partial charge in [-0.15, -0.1) is 5.46 Å². The molecule has 0 radical (unpaired) electrons. The van der Waals surface area contributed by atoms with Crippen LogP contribution in [0.25, 0.3) is 0 Å². The second kappa shape index (κ2) is 6.19. The van der Waals surface area contributed by atoms with E-state index in [2.05, 4.69) is 0 Å². The van der Waals surface area contributed by atoms with Crippen LogP contribution < -0.4 is 56.8 Å². The first-order valence-electron chi connectivity index (χ1n) is 5.14. The number of aliphatic hydroxyl groups is 1. The van der Waals surface area contributed by atoms with Crippen molar-refractivity contribution in [2.24, 2.45) is 0 Å². The molecule has 1 heterocycles. The van der Waals surface area contributed by atoms with Crippen LogP contribution in [0, 0.1) is 0 Å². The zero-order valence-electron chi connectivity index (χ0n) is 9.61. The first kappa shape index (κ1) is 15.7. The van der Waals surface area contributed by atoms with Crippen molar-refractivity contribution in [3.05, 3.63) is 29.8 Å². The standard InChI is InChI=1S/C10H12BF3NO.K/c12-11(13,14)9-3-1-2-8(4-9)5-15-6-10(16)7-15;/h1-4,10,16H,5-7H2;/q-1;+1. The molecule has 1 aromatic rings. The molecule has 88 valence electrons. The summed E-state index contributed by atoms with van der Waals surface area (Å²) in [6.07, 6.45) is -0.324. The minimum absolute atomic E-state index is 0. The van der Waals surface area contributed by atoms with E-state index < -0.39 is 12.4 Å². The Balaban J connectivity index is 0.00000144. The molecule has 0 atom stereocenters. The van der Waals surface area contributed by atoms with Gasteiger partial charge in [0.15, 0.2) is 0 Å². The molecule has 1 N–H and O–H groups in total. The van der Waals surface area contributed by atoms with Gasteiger partial charge in [0, 0.05) is 19.6 Å². The maximum Gasteiger partial charge on any atom is 1.00 e. The van der Waals surface area contributed by atoms with Crippen LogP contribution in [0.1, 0.15) is 5.56 Å². The molecule has 7 heteroatoms. The molecular weight excluding hydrogens is 257 g/mol. The van der Waals surface area contributed by atoms with Gasteiger partial charge in [-0.3, -0.25) is 4.90 Å². The van der Waals surface area contributed by atoms with Crippen LogP contribution in [0.15, 0.2) is 24.3 Å². The largest absolute Gasteiger partial charge is 1.00 e. The Hall–Kier alpha value is 0.631. The van der Waals surface area contributed by atoms with Crippen LogP contribution in [0.2, 0.25) is 0 Å². The van der Waals surface area contributed by atoms with Gasteiger partial charge in [-0.25, -0.2) is 0 Å². The molecule has 0 aromatic heterocycles. The Kier molecular flexibility index (Phi) is 5.71. The number of halogens is 3. The van der Waals surface area contributed by atoms with Crippen LogP contribution in [-0.4, -0.2) is 36.2 Å². The Labute approximate surface area is 141 Å². The van der Waals surface area contributed by atoms with E-state index in [1.165, 1.54) is 12.1 Å². The topological polar surface area (TPSA) is 23.5 Å². The van der Waals surface area contributed by atoms with Crippen molar-refractivity contribution in [3.63, 3.8) is 0 Å². The quantitative estimate of drug-likeness (QED) is 0.637. The minimum Gasteiger partial charge on any atom is -0.445 e. The van der Waals surface area contributed by atoms with Gasteiger partial charge in [0.25, 0.3) is 0 Å². The molecule has 1 aromatic carbocycles. The summed E-state index contributed by atoms with van der Waals surface area (Å²) in [5, 5.41) is 9.06. The molecule has 1 saturated heterocycles. The van der Waals surface area contributed by atoms with E-state index in [-0.39, 0.29) is 57.5 Å². The number of aliphatic hydroxyl groups excluding tert-OH is 1. The summed E-state index contributed by atoms with van der Waals surface area (Å²) in [5.74, 6) is 0. The summed E-state index contributed by atoms with van der Waals surface area (Å²) in [6, 6.07) is 5.38. The fourth-order valence-corrected chi connectivity index (χ4v) is 1.82. The fourth-order valence-electron chi connectivity index (χ4n) is 1.82. The molecule has 1 fully saturated rings. The summed E-state index contributed by atoms with van der Waals surface area (Å²) in [7, 11) is 0. The van der Waals surface area contributed by atoms with E-state index in [9.17, 15) is 12.9 Å². The van der Waals surface area contributed by atoms with Crippen molar-refractivity contribution < 1.29 is 69.4 Å². The third-order valence-corrected chi connectivity index (χ3v) is 2.67. The molecule has 1 aliphatic heterocycles. The Bertz CT molecular complexity index is 382. The second-order valence-corrected chi connectivity index (χ2v) is 4.17. The zero-order chi connectivity index (χ0) is 11.8. The molecule has 1 aliphatic rings. The van der Waals surface area contributed by atoms with Crippen molar-refractivity contribution >= 4 is 12.4 Å². The van der Waals surface area contributed by atoms with Gasteiger partial charge in [0.05, 0.1) is 6.10 Å². The molecule has 0 unspecified atom stereocenters. The molecule has 2 nitrogen and oxygen atoms in total. The van der Waals surface area contributed by atoms with Gasteiger partial charge >= 0.3 is 58.4 Å². The smallest absolute Gasteiger partial charge is 0.445 e. The average molecular weight is 269 g/mol. The number of rotatable bonds is 3. The minimum atomic E-state index is -4.92. The van der Waals surface area contributed by atoms with Crippen molar-refractivity contribution in [3.8, 4) is 0 Å². The summed E-state index contributed by atoms with van der Waals surface area (Å²) in [4.78, 5) is 1.91. The number of nitrogens with zero attached hydrogens (tertiary/aromatic N) is 1. The zero-order valence-corrected chi connectivity index (χ0v) is 12.7. The van der Waals surface area contributed by atoms with E-state index in [4.69, 9.17) is 5.11 Å². The fraction of sp³-hybridized carbons (Fsp3) is 0.400. The van der Waals surface area contributed by atoms with Crippen molar-refractivity contribution in [1.29, 1.82) is 0 Å². The number of likely N-dealkylation sites (tertiary alicyclic amines) is 1. The van der Waals surface area contributed by atoms with E-state index in [1.54, 1.807) is 6.07 Å². The van der Waals surface area contributed by atoms with Crippen LogP contribution in [0.5, 0.6) is 0 Å². The van der Waals surface area contributed by atoms with Gasteiger partial charge in [0.1, 0.15) is 0 Å². The van der Waals surface area contributed by atoms with Crippen molar-refractivity contribution in [2.45, 2.75) is 12.6 Å². The van der Waals surface area contributed by atoms with Crippen molar-refractivity contribution in [2.75, 3.05) is 13.1 Å². The number of hydrogen-bond donors (Lipinski definition) is 1. The number of β-amino-alcohol motifs (C(OH)–C–C–N with tert-alkyl or cyclic N) is 1. The summed E-state index contributed by atoms with van der Waals surface area (Å²) in [6.45, 7) is -3.36. The van der Waals surface area contributed by atoms with Gasteiger partial charge < -0.3 is 18.1 Å². The van der Waals surface area contributed by atoms with Gasteiger partial charge in [-0.05, 0) is 5.56 Å². The SMILES string of the molecule is OC1CN(Cc2cccc([B-](F)(F)F)c2)C1.[K+]. The molecule has 0 spiro atoms. The molecule has 17 heavy (non-hydrogen) atoms. The predicted molar refractivity (Wildman–Crippen MR) is 56.4 cm³/mol. The summed E-state index contributed by atoms with van der Waals surface area (Å²) < 4.78 is 37.4. The van der Waals surface area contributed by atoms with Gasteiger partial charge in [-0.2, -0.15) is 0 Å². The Morgan fingerprint density at radius 3 is 2.47 bits per heavy atom. The van der Waals surface area contributed by atoms with E-state index in [0.29, 0.717) is 25.2 Å². The van der Waals surface area contributed by atoms with Gasteiger partial charge in [-0.1, -0.05) is 24.3 Å². The third kappa shape index (κ3) is 4.34. The monoisotopic (exact) mass is 269 g/mol. The van der Waals surface area contributed by atoms with Crippen LogP contribution in [0.4, 0.5) is 12.9 Å². The predicted octanol–water partition coefficient (Wildman–Crippen LogP) is -2.08. The molecule has 0 amide bonds. The normalized spacial score (nSPS) is 17.4. The van der Waals surface area contributed by atoms with E-state index in [1.807, 2.05) is 4.90 Å². The van der Waals surface area contributed by atoms with Crippen LogP contribution in [0.3, 0.4) is 0 Å². The molecule has 0 aliphatic carbocycles. The maximum atomic E-state index is 12.5. The first-order valence-corrected chi connectivity index (χ1v) is 5.14. The Morgan fingerprint density at radius 1 is 1.29 bits per heavy atom. The molecule has 2 rings (SSSR count). The number of hydrogen-bond acceptors (Lipinski definition) is 2. The molecular formula is C10H12BF3KNO. The average Bonchev–Trinajstić information content (AvgIpc) is 2.14. The summed E-state index contributed by atoms with van der Waals surface area (Å²) in [5.41, 5.74) is 0.0853. The van der Waals surface area contributed by atoms with Crippen LogP contribution in [-0.2, 0) is 6.54 Å². The molecule has 0 saturated carbocycles. The van der Waals surface area contributed by atoms with Gasteiger partial charge in [0.2, 0.25) is 0 Å². The van der Waals surface area contributed by atoms with Crippen molar-refractivity contribution in [1.82, 2.24) is 4.90 Å². The second-order valence-electron chi connectivity index (χ2n) is 4.17. The van der Waals surface area contributed by atoms with Crippen LogP contribution >= 0.6 is 0 Å². The van der Waals surface area contributed by atoms with E-state index >= 15 is 0 Å². The third-order valence-electron chi connectivity index (χ3n) is 2.67. The Morgan fingerprint density at radius 2 is 1.94 bits per heavy atom. The molecule has 0 bridgehead atoms. The summed E-state index contributed by atoms with van der Waals surface area (Å²) >= 11 is 0. The number of benzene rings is 1. The maximum absolute atomic E-state index is 12.5.